The third-order valence-corrected chi connectivity index (χ3v) is 9.85. The van der Waals surface area contributed by atoms with Crippen LogP contribution in [-0.4, -0.2) is 29.5 Å². The van der Waals surface area contributed by atoms with Crippen LogP contribution < -0.4 is 0 Å². The standard InChI is InChI=1S/C31H30ClF3N2O3S2/c1-19(2)13-24(38)18-42(39,40)25-11-5-20(26(32)15-25)17-41-30-36-16-29(37(30)23-9-7-22(33)8-10-23)31(3,4)21-6-12-27(34)28(35)14-21/h5-12,14-16,19H,13,17-18H2,1-4H3. The summed E-state index contributed by atoms with van der Waals surface area (Å²) in [6, 6.07) is 14.0. The van der Waals surface area contributed by atoms with Crippen LogP contribution in [-0.2, 0) is 25.8 Å². The number of rotatable bonds is 11. The maximum Gasteiger partial charge on any atom is 0.185 e. The van der Waals surface area contributed by atoms with Crippen molar-refractivity contribution in [3.63, 3.8) is 0 Å². The zero-order valence-electron chi connectivity index (χ0n) is 23.5. The fraction of sp³-hybridized carbons (Fsp3) is 0.290. The van der Waals surface area contributed by atoms with Crippen molar-refractivity contribution in [3.8, 4) is 5.69 Å². The Hall–Kier alpha value is -3.08. The molecule has 1 heterocycles. The number of aromatic nitrogens is 2. The maximum absolute atomic E-state index is 14.1. The van der Waals surface area contributed by atoms with Gasteiger partial charge in [0, 0.05) is 28.3 Å². The molecule has 0 bridgehead atoms. The largest absolute Gasteiger partial charge is 0.299 e. The van der Waals surface area contributed by atoms with Gasteiger partial charge in [-0.2, -0.15) is 0 Å². The first kappa shape index (κ1) is 31.8. The van der Waals surface area contributed by atoms with E-state index < -0.39 is 38.5 Å². The van der Waals surface area contributed by atoms with E-state index in [1.54, 1.807) is 24.4 Å². The summed E-state index contributed by atoms with van der Waals surface area (Å²) in [6.45, 7) is 7.41. The third-order valence-electron chi connectivity index (χ3n) is 6.82. The SMILES string of the molecule is CC(C)CC(=O)CS(=O)(=O)c1ccc(CSc2ncc(C(C)(C)c3ccc(F)c(F)c3)n2-c2ccc(F)cc2)c(Cl)c1. The van der Waals surface area contributed by atoms with Crippen LogP contribution in [0.5, 0.6) is 0 Å². The van der Waals surface area contributed by atoms with Crippen molar-refractivity contribution in [2.24, 2.45) is 5.92 Å². The first-order valence-electron chi connectivity index (χ1n) is 13.1. The molecule has 0 atom stereocenters. The molecule has 0 N–H and O–H groups in total. The van der Waals surface area contributed by atoms with E-state index in [2.05, 4.69) is 4.98 Å². The number of imidazole rings is 1. The molecule has 0 aliphatic heterocycles. The van der Waals surface area contributed by atoms with Gasteiger partial charge in [0.05, 0.1) is 16.8 Å². The molecule has 0 unspecified atom stereocenters. The van der Waals surface area contributed by atoms with Crippen molar-refractivity contribution in [1.29, 1.82) is 0 Å². The average molecular weight is 635 g/mol. The molecule has 0 aliphatic rings. The number of benzene rings is 3. The first-order chi connectivity index (χ1) is 19.7. The Morgan fingerprint density at radius 3 is 2.31 bits per heavy atom. The number of hydrogen-bond acceptors (Lipinski definition) is 5. The fourth-order valence-corrected chi connectivity index (χ4v) is 7.21. The number of nitrogens with zero attached hydrogens (tertiary/aromatic N) is 2. The molecule has 5 nitrogen and oxygen atoms in total. The highest BCUT2D eigenvalue weighted by Gasteiger charge is 2.30. The lowest BCUT2D eigenvalue weighted by Gasteiger charge is -2.27. The number of Topliss-reactive ketones (excluding diaryl/α,β-unsaturated/α-hetero) is 1. The topological polar surface area (TPSA) is 69.0 Å². The van der Waals surface area contributed by atoms with E-state index in [1.165, 1.54) is 42.1 Å². The molecule has 11 heteroatoms. The molecule has 3 aromatic carbocycles. The summed E-state index contributed by atoms with van der Waals surface area (Å²) in [7, 11) is -3.84. The average Bonchev–Trinajstić information content (AvgIpc) is 3.34. The van der Waals surface area contributed by atoms with E-state index in [9.17, 15) is 26.4 Å². The summed E-state index contributed by atoms with van der Waals surface area (Å²) in [4.78, 5) is 16.7. The minimum Gasteiger partial charge on any atom is -0.299 e. The zero-order valence-corrected chi connectivity index (χ0v) is 25.9. The summed E-state index contributed by atoms with van der Waals surface area (Å²) in [5, 5.41) is 0.751. The zero-order chi connectivity index (χ0) is 30.8. The molecule has 0 aliphatic carbocycles. The minimum atomic E-state index is -3.84. The second kappa shape index (κ2) is 12.7. The van der Waals surface area contributed by atoms with Crippen molar-refractivity contribution < 1.29 is 26.4 Å². The number of hydrogen-bond donors (Lipinski definition) is 0. The van der Waals surface area contributed by atoms with E-state index in [-0.39, 0.29) is 28.0 Å². The highest BCUT2D eigenvalue weighted by molar-refractivity contribution is 7.98. The number of halogens is 4. The van der Waals surface area contributed by atoms with E-state index in [0.29, 0.717) is 33.4 Å². The summed E-state index contributed by atoms with van der Waals surface area (Å²) in [5.41, 5.74) is 1.61. The van der Waals surface area contributed by atoms with E-state index >= 15 is 0 Å². The van der Waals surface area contributed by atoms with Gasteiger partial charge >= 0.3 is 0 Å². The van der Waals surface area contributed by atoms with Crippen LogP contribution >= 0.6 is 23.4 Å². The van der Waals surface area contributed by atoms with Crippen LogP contribution in [0.2, 0.25) is 5.02 Å². The van der Waals surface area contributed by atoms with Gasteiger partial charge in [0.1, 0.15) is 17.4 Å². The molecular formula is C31H30ClF3N2O3S2. The molecule has 222 valence electrons. The number of thioether (sulfide) groups is 1. The summed E-state index contributed by atoms with van der Waals surface area (Å²) >= 11 is 7.80. The number of sulfone groups is 1. The smallest absolute Gasteiger partial charge is 0.185 e. The van der Waals surface area contributed by atoms with Crippen molar-refractivity contribution >= 4 is 39.0 Å². The molecule has 0 saturated carbocycles. The van der Waals surface area contributed by atoms with E-state index in [4.69, 9.17) is 11.6 Å². The Balaban J connectivity index is 1.65. The summed E-state index contributed by atoms with van der Waals surface area (Å²) < 4.78 is 69.0. The molecule has 0 spiro atoms. The number of carbonyl (C=O) groups excluding carboxylic acids is 1. The number of ketones is 1. The Labute approximate surface area is 253 Å². The van der Waals surface area contributed by atoms with Gasteiger partial charge < -0.3 is 0 Å². The summed E-state index contributed by atoms with van der Waals surface area (Å²) in [5.74, 6) is -2.89. The van der Waals surface area contributed by atoms with Gasteiger partial charge in [0.15, 0.2) is 26.6 Å². The summed E-state index contributed by atoms with van der Waals surface area (Å²) in [6.07, 6.45) is 1.82. The van der Waals surface area contributed by atoms with Crippen molar-refractivity contribution in [1.82, 2.24) is 9.55 Å². The number of carbonyl (C=O) groups is 1. The van der Waals surface area contributed by atoms with Gasteiger partial charge in [-0.1, -0.05) is 63.2 Å². The molecule has 42 heavy (non-hydrogen) atoms. The molecule has 0 saturated heterocycles. The van der Waals surface area contributed by atoms with Gasteiger partial charge in [-0.05, 0) is 65.6 Å². The van der Waals surface area contributed by atoms with Crippen molar-refractivity contribution in [2.45, 2.75) is 55.3 Å². The normalized spacial score (nSPS) is 12.2. The maximum atomic E-state index is 14.1. The van der Waals surface area contributed by atoms with Gasteiger partial charge in [0.25, 0.3) is 0 Å². The predicted octanol–water partition coefficient (Wildman–Crippen LogP) is 7.95. The van der Waals surface area contributed by atoms with E-state index in [1.807, 2.05) is 32.3 Å². The van der Waals surface area contributed by atoms with Crippen LogP contribution in [0.25, 0.3) is 5.69 Å². The molecule has 0 amide bonds. The van der Waals surface area contributed by atoms with Gasteiger partial charge in [-0.15, -0.1) is 0 Å². The monoisotopic (exact) mass is 634 g/mol. The van der Waals surface area contributed by atoms with Gasteiger partial charge in [-0.25, -0.2) is 26.6 Å². The second-order valence-electron chi connectivity index (χ2n) is 10.9. The van der Waals surface area contributed by atoms with Crippen LogP contribution in [0, 0.1) is 23.4 Å². The Morgan fingerprint density at radius 1 is 1.00 bits per heavy atom. The van der Waals surface area contributed by atoms with Gasteiger partial charge in [-0.3, -0.25) is 9.36 Å². The minimum absolute atomic E-state index is 0.0262. The highest BCUT2D eigenvalue weighted by Crippen LogP contribution is 2.38. The van der Waals surface area contributed by atoms with Crippen LogP contribution in [0.4, 0.5) is 13.2 Å². The quantitative estimate of drug-likeness (QED) is 0.157. The Bertz CT molecular complexity index is 1720. The second-order valence-corrected chi connectivity index (χ2v) is 14.3. The van der Waals surface area contributed by atoms with E-state index in [0.717, 1.165) is 12.1 Å². The molecule has 1 aromatic heterocycles. The van der Waals surface area contributed by atoms with Crippen molar-refractivity contribution in [3.05, 3.63) is 106 Å². The molecule has 0 fully saturated rings. The Morgan fingerprint density at radius 2 is 1.69 bits per heavy atom. The molecule has 0 radical (unpaired) electrons. The highest BCUT2D eigenvalue weighted by atomic mass is 35.5. The lowest BCUT2D eigenvalue weighted by atomic mass is 9.81. The van der Waals surface area contributed by atoms with Crippen LogP contribution in [0.1, 0.15) is 50.9 Å². The lowest BCUT2D eigenvalue weighted by molar-refractivity contribution is -0.117. The predicted molar refractivity (Wildman–Crippen MR) is 160 cm³/mol. The lowest BCUT2D eigenvalue weighted by Crippen LogP contribution is -2.23. The molecule has 4 rings (SSSR count). The van der Waals surface area contributed by atoms with Crippen LogP contribution in [0.15, 0.2) is 76.9 Å². The van der Waals surface area contributed by atoms with Crippen LogP contribution in [0.3, 0.4) is 0 Å². The Kier molecular flexibility index (Phi) is 9.59. The third kappa shape index (κ3) is 7.10. The van der Waals surface area contributed by atoms with Crippen molar-refractivity contribution in [2.75, 3.05) is 5.75 Å². The first-order valence-corrected chi connectivity index (χ1v) is 16.2. The molecule has 4 aromatic rings. The fourth-order valence-electron chi connectivity index (χ4n) is 4.54. The molecular weight excluding hydrogens is 605 g/mol. The van der Waals surface area contributed by atoms with Gasteiger partial charge in [0.2, 0.25) is 0 Å².